The van der Waals surface area contributed by atoms with Crippen molar-refractivity contribution < 1.29 is 23.9 Å². The number of urea groups is 1. The van der Waals surface area contributed by atoms with Gasteiger partial charge in [0.2, 0.25) is 5.91 Å². The zero-order valence-corrected chi connectivity index (χ0v) is 20.0. The highest BCUT2D eigenvalue weighted by atomic mass is 16.5. The van der Waals surface area contributed by atoms with Crippen molar-refractivity contribution in [3.8, 4) is 11.5 Å². The molecule has 0 aromatic heterocycles. The van der Waals surface area contributed by atoms with E-state index in [2.05, 4.69) is 5.32 Å². The fourth-order valence-electron chi connectivity index (χ4n) is 4.28. The first-order valence-corrected chi connectivity index (χ1v) is 11.7. The number of fused-ring (bicyclic) bond motifs is 1. The number of benzene rings is 2. The van der Waals surface area contributed by atoms with Crippen LogP contribution in [0.3, 0.4) is 0 Å². The molecular formula is C26H31N3O5. The van der Waals surface area contributed by atoms with Gasteiger partial charge in [-0.3, -0.25) is 19.4 Å². The molecule has 8 nitrogen and oxygen atoms in total. The summed E-state index contributed by atoms with van der Waals surface area (Å²) in [7, 11) is 0. The number of hydrogen-bond donors (Lipinski definition) is 1. The van der Waals surface area contributed by atoms with Gasteiger partial charge >= 0.3 is 6.03 Å². The Morgan fingerprint density at radius 2 is 1.74 bits per heavy atom. The Kier molecular flexibility index (Phi) is 6.77. The number of carbonyl (C=O) groups excluding carboxylic acids is 3. The molecule has 0 bridgehead atoms. The molecule has 180 valence electrons. The van der Waals surface area contributed by atoms with Gasteiger partial charge < -0.3 is 14.8 Å². The second-order valence-corrected chi connectivity index (χ2v) is 9.13. The summed E-state index contributed by atoms with van der Waals surface area (Å²) in [6.45, 7) is 8.47. The first-order chi connectivity index (χ1) is 16.3. The Balaban J connectivity index is 1.48. The lowest BCUT2D eigenvalue weighted by atomic mass is 9.95. The van der Waals surface area contributed by atoms with Crippen molar-refractivity contribution in [3.05, 3.63) is 53.6 Å². The third-order valence-electron chi connectivity index (χ3n) is 6.18. The van der Waals surface area contributed by atoms with Crippen molar-refractivity contribution in [1.29, 1.82) is 0 Å². The van der Waals surface area contributed by atoms with Crippen LogP contribution >= 0.6 is 0 Å². The van der Waals surface area contributed by atoms with Gasteiger partial charge in [-0.15, -0.1) is 0 Å². The van der Waals surface area contributed by atoms with E-state index >= 15 is 0 Å². The summed E-state index contributed by atoms with van der Waals surface area (Å²) in [5.74, 6) is 0.625. The van der Waals surface area contributed by atoms with Gasteiger partial charge in [0.1, 0.15) is 12.6 Å². The second-order valence-electron chi connectivity index (χ2n) is 9.13. The molecule has 0 aliphatic carbocycles. The first kappa shape index (κ1) is 23.6. The topological polar surface area (TPSA) is 88.2 Å². The maximum atomic E-state index is 13.1. The van der Waals surface area contributed by atoms with E-state index in [1.54, 1.807) is 19.1 Å². The molecule has 1 saturated heterocycles. The van der Waals surface area contributed by atoms with Gasteiger partial charge in [0.15, 0.2) is 11.5 Å². The number of carbonyl (C=O) groups is 3. The minimum atomic E-state index is -0.675. The molecule has 4 amide bonds. The minimum Gasteiger partial charge on any atom is -0.490 e. The summed E-state index contributed by atoms with van der Waals surface area (Å²) < 4.78 is 11.5. The van der Waals surface area contributed by atoms with E-state index in [0.717, 1.165) is 22.4 Å². The van der Waals surface area contributed by atoms with Crippen LogP contribution in [-0.2, 0) is 9.59 Å². The average molecular weight is 466 g/mol. The predicted molar refractivity (Wildman–Crippen MR) is 128 cm³/mol. The van der Waals surface area contributed by atoms with Gasteiger partial charge in [-0.05, 0) is 49.6 Å². The van der Waals surface area contributed by atoms with Crippen LogP contribution in [-0.4, -0.2) is 48.5 Å². The number of amides is 4. The highest BCUT2D eigenvalue weighted by Gasteiger charge is 2.44. The van der Waals surface area contributed by atoms with E-state index in [1.807, 2.05) is 51.1 Å². The monoisotopic (exact) mass is 465 g/mol. The van der Waals surface area contributed by atoms with Crippen molar-refractivity contribution in [2.75, 3.05) is 24.7 Å². The summed E-state index contributed by atoms with van der Waals surface area (Å²) in [5, 5.41) is 3.00. The Bertz CT molecular complexity index is 1080. The molecule has 0 saturated carbocycles. The Labute approximate surface area is 199 Å². The molecule has 4 rings (SSSR count). The Morgan fingerprint density at radius 1 is 1.06 bits per heavy atom. The van der Waals surface area contributed by atoms with Crippen molar-refractivity contribution in [1.82, 2.24) is 10.2 Å². The predicted octanol–water partition coefficient (Wildman–Crippen LogP) is 3.83. The Hall–Kier alpha value is -3.55. The van der Waals surface area contributed by atoms with Gasteiger partial charge in [0.25, 0.3) is 5.91 Å². The van der Waals surface area contributed by atoms with Crippen molar-refractivity contribution >= 4 is 23.5 Å². The largest absolute Gasteiger partial charge is 0.490 e. The fourth-order valence-corrected chi connectivity index (χ4v) is 4.28. The molecule has 2 unspecified atom stereocenters. The summed E-state index contributed by atoms with van der Waals surface area (Å²) in [6, 6.07) is 11.5. The molecule has 2 aliphatic heterocycles. The Morgan fingerprint density at radius 3 is 2.41 bits per heavy atom. The number of anilines is 1. The summed E-state index contributed by atoms with van der Waals surface area (Å²) in [5.41, 5.74) is 2.56. The molecule has 0 radical (unpaired) electrons. The van der Waals surface area contributed by atoms with Crippen LogP contribution in [0, 0.1) is 12.8 Å². The fraction of sp³-hybridized carbons (Fsp3) is 0.423. The zero-order chi connectivity index (χ0) is 24.4. The molecule has 8 heteroatoms. The normalized spacial score (nSPS) is 18.8. The lowest BCUT2D eigenvalue weighted by molar-refractivity contribution is -0.132. The van der Waals surface area contributed by atoms with Gasteiger partial charge in [-0.2, -0.15) is 0 Å². The molecule has 2 heterocycles. The maximum absolute atomic E-state index is 13.1. The lowest BCUT2D eigenvalue weighted by Crippen LogP contribution is -2.43. The van der Waals surface area contributed by atoms with Crippen LogP contribution in [0.15, 0.2) is 42.5 Å². The van der Waals surface area contributed by atoms with Crippen molar-refractivity contribution in [3.63, 3.8) is 0 Å². The zero-order valence-electron chi connectivity index (χ0n) is 20.0. The van der Waals surface area contributed by atoms with Gasteiger partial charge in [0, 0.05) is 12.1 Å². The number of nitrogens with one attached hydrogen (secondary N) is 1. The van der Waals surface area contributed by atoms with Crippen LogP contribution in [0.5, 0.6) is 11.5 Å². The molecule has 0 spiro atoms. The van der Waals surface area contributed by atoms with Gasteiger partial charge in [-0.1, -0.05) is 37.6 Å². The lowest BCUT2D eigenvalue weighted by Gasteiger charge is -2.25. The summed E-state index contributed by atoms with van der Waals surface area (Å²) in [6.07, 6.45) is 0.810. The van der Waals surface area contributed by atoms with Gasteiger partial charge in [0.05, 0.1) is 19.3 Å². The third-order valence-corrected chi connectivity index (χ3v) is 6.18. The molecule has 2 aromatic rings. The molecule has 1 N–H and O–H groups in total. The molecule has 1 fully saturated rings. The standard InChI is InChI=1S/C26H31N3O5/c1-16(2)24(19-8-11-21-22(14-19)34-13-5-12-33-21)27-23(30)15-28-25(31)18(4)29(26(28)32)20-9-6-17(3)7-10-20/h6-11,14,16,18,24H,5,12-13,15H2,1-4H3,(H,27,30). The molecule has 34 heavy (non-hydrogen) atoms. The maximum Gasteiger partial charge on any atom is 0.332 e. The van der Waals surface area contributed by atoms with Crippen LogP contribution in [0.4, 0.5) is 10.5 Å². The number of hydrogen-bond acceptors (Lipinski definition) is 5. The number of aryl methyl sites for hydroxylation is 1. The van der Waals surface area contributed by atoms with E-state index in [1.165, 1.54) is 4.90 Å². The summed E-state index contributed by atoms with van der Waals surface area (Å²) >= 11 is 0. The van der Waals surface area contributed by atoms with Crippen molar-refractivity contribution in [2.24, 2.45) is 5.92 Å². The average Bonchev–Trinajstić information content (AvgIpc) is 2.97. The number of rotatable bonds is 6. The molecule has 2 atom stereocenters. The van der Waals surface area contributed by atoms with E-state index < -0.39 is 23.9 Å². The van der Waals surface area contributed by atoms with Crippen LogP contribution in [0.1, 0.15) is 44.4 Å². The highest BCUT2D eigenvalue weighted by molar-refractivity contribution is 6.15. The van der Waals surface area contributed by atoms with E-state index in [4.69, 9.17) is 9.47 Å². The van der Waals surface area contributed by atoms with E-state index in [0.29, 0.717) is 30.4 Å². The number of ether oxygens (including phenoxy) is 2. The number of imide groups is 1. The highest BCUT2D eigenvalue weighted by Crippen LogP contribution is 2.34. The van der Waals surface area contributed by atoms with Crippen molar-refractivity contribution in [2.45, 2.75) is 46.2 Å². The molecule has 2 aromatic carbocycles. The smallest absolute Gasteiger partial charge is 0.332 e. The van der Waals surface area contributed by atoms with E-state index in [-0.39, 0.29) is 18.5 Å². The molecule has 2 aliphatic rings. The van der Waals surface area contributed by atoms with Gasteiger partial charge in [-0.25, -0.2) is 4.79 Å². The number of nitrogens with zero attached hydrogens (tertiary/aromatic N) is 2. The van der Waals surface area contributed by atoms with Crippen LogP contribution < -0.4 is 19.7 Å². The van der Waals surface area contributed by atoms with Crippen LogP contribution in [0.2, 0.25) is 0 Å². The SMILES string of the molecule is Cc1ccc(N2C(=O)N(CC(=O)NC(c3ccc4c(c3)OCCCO4)C(C)C)C(=O)C2C)cc1. The summed E-state index contributed by atoms with van der Waals surface area (Å²) in [4.78, 5) is 41.3. The second kappa shape index (κ2) is 9.75. The molecular weight excluding hydrogens is 434 g/mol. The third kappa shape index (κ3) is 4.71. The quantitative estimate of drug-likeness (QED) is 0.655. The minimum absolute atomic E-state index is 0.0710. The van der Waals surface area contributed by atoms with Crippen LogP contribution in [0.25, 0.3) is 0 Å². The van der Waals surface area contributed by atoms with E-state index in [9.17, 15) is 14.4 Å². The first-order valence-electron chi connectivity index (χ1n) is 11.7.